The van der Waals surface area contributed by atoms with Crippen LogP contribution in [0.4, 0.5) is 0 Å². The first-order chi connectivity index (χ1) is 8.49. The van der Waals surface area contributed by atoms with E-state index in [1.54, 1.807) is 18.2 Å². The maximum Gasteiger partial charge on any atom is 0.340 e. The number of hydrogen-bond acceptors (Lipinski definition) is 4. The van der Waals surface area contributed by atoms with E-state index in [4.69, 9.17) is 5.11 Å². The van der Waals surface area contributed by atoms with Gasteiger partial charge >= 0.3 is 5.97 Å². The minimum atomic E-state index is -1.60. The van der Waals surface area contributed by atoms with Crippen molar-refractivity contribution in [3.63, 3.8) is 0 Å². The van der Waals surface area contributed by atoms with Gasteiger partial charge in [0.25, 0.3) is 0 Å². The van der Waals surface area contributed by atoms with Gasteiger partial charge in [0.1, 0.15) is 5.57 Å². The molecule has 1 aromatic rings. The van der Waals surface area contributed by atoms with Crippen LogP contribution in [0.2, 0.25) is 0 Å². The Morgan fingerprint density at radius 2 is 1.67 bits per heavy atom. The first-order valence-corrected chi connectivity index (χ1v) is 5.02. The number of rotatable bonds is 5. The Morgan fingerprint density at radius 1 is 1.11 bits per heavy atom. The van der Waals surface area contributed by atoms with Gasteiger partial charge in [0, 0.05) is 5.56 Å². The molecule has 0 saturated heterocycles. The normalized spacial score (nSPS) is 11.4. The van der Waals surface area contributed by atoms with E-state index in [1.807, 2.05) is 0 Å². The minimum Gasteiger partial charge on any atom is -0.478 e. The number of carbonyl (C=O) groups is 4. The predicted octanol–water partition coefficient (Wildman–Crippen LogP) is 1.04. The molecule has 0 aliphatic carbocycles. The number of Topliss-reactive ketones (excluding diaryl/α,β-unsaturated/α-hetero) is 2. The second-order valence-corrected chi connectivity index (χ2v) is 3.46. The summed E-state index contributed by atoms with van der Waals surface area (Å²) in [6.45, 7) is 1.03. The third-order valence-electron chi connectivity index (χ3n) is 2.24. The van der Waals surface area contributed by atoms with E-state index in [2.05, 4.69) is 0 Å². The third kappa shape index (κ3) is 2.76. The van der Waals surface area contributed by atoms with Crippen LogP contribution in [-0.2, 0) is 14.4 Å². The summed E-state index contributed by atoms with van der Waals surface area (Å²) < 4.78 is 0. The zero-order valence-electron chi connectivity index (χ0n) is 9.54. The highest BCUT2D eigenvalue weighted by atomic mass is 16.4. The first-order valence-electron chi connectivity index (χ1n) is 5.02. The lowest BCUT2D eigenvalue weighted by molar-refractivity contribution is -0.133. The molecule has 1 rings (SSSR count). The van der Waals surface area contributed by atoms with E-state index < -0.39 is 28.7 Å². The standard InChI is InChI=1S/C13H10O5/c1-8(15)10(7-14)11(13(17)18)12(16)9-5-3-2-4-6-9/h2-7H,1H3,(H,17,18). The Morgan fingerprint density at radius 3 is 2.06 bits per heavy atom. The number of hydrogen-bond donors (Lipinski definition) is 1. The Labute approximate surface area is 103 Å². The zero-order valence-corrected chi connectivity index (χ0v) is 9.54. The number of aldehydes is 1. The molecule has 18 heavy (non-hydrogen) atoms. The van der Waals surface area contributed by atoms with Gasteiger partial charge in [0.15, 0.2) is 12.1 Å². The molecule has 0 atom stereocenters. The summed E-state index contributed by atoms with van der Waals surface area (Å²) >= 11 is 0. The highest BCUT2D eigenvalue weighted by molar-refractivity contribution is 6.31. The minimum absolute atomic E-state index is 0.0899. The second-order valence-electron chi connectivity index (χ2n) is 3.46. The summed E-state index contributed by atoms with van der Waals surface area (Å²) in [5, 5.41) is 8.97. The predicted molar refractivity (Wildman–Crippen MR) is 62.2 cm³/mol. The lowest BCUT2D eigenvalue weighted by Gasteiger charge is -2.04. The molecule has 0 unspecified atom stereocenters. The monoisotopic (exact) mass is 246 g/mol. The van der Waals surface area contributed by atoms with Gasteiger partial charge in [0.05, 0.1) is 5.57 Å². The van der Waals surface area contributed by atoms with E-state index in [9.17, 15) is 19.2 Å². The highest BCUT2D eigenvalue weighted by Crippen LogP contribution is 2.13. The average molecular weight is 246 g/mol. The Hall–Kier alpha value is -2.56. The van der Waals surface area contributed by atoms with Crippen LogP contribution in [-0.4, -0.2) is 28.9 Å². The van der Waals surface area contributed by atoms with E-state index in [1.165, 1.54) is 12.1 Å². The molecule has 0 aliphatic rings. The van der Waals surface area contributed by atoms with Crippen molar-refractivity contribution in [3.05, 3.63) is 47.0 Å². The highest BCUT2D eigenvalue weighted by Gasteiger charge is 2.25. The van der Waals surface area contributed by atoms with Crippen LogP contribution in [0.1, 0.15) is 17.3 Å². The van der Waals surface area contributed by atoms with Gasteiger partial charge < -0.3 is 5.11 Å². The topological polar surface area (TPSA) is 88.5 Å². The van der Waals surface area contributed by atoms with Crippen molar-refractivity contribution < 1.29 is 24.3 Å². The summed E-state index contributed by atoms with van der Waals surface area (Å²) in [6.07, 6.45) is 0.0899. The van der Waals surface area contributed by atoms with Gasteiger partial charge in [-0.15, -0.1) is 0 Å². The molecule has 0 aliphatic heterocycles. The van der Waals surface area contributed by atoms with Crippen LogP contribution in [0, 0.1) is 0 Å². The van der Waals surface area contributed by atoms with Crippen molar-refractivity contribution in [2.75, 3.05) is 0 Å². The van der Waals surface area contributed by atoms with Crippen LogP contribution in [0.3, 0.4) is 0 Å². The molecule has 0 bridgehead atoms. The number of carbonyl (C=O) groups excluding carboxylic acids is 3. The van der Waals surface area contributed by atoms with Crippen molar-refractivity contribution in [1.29, 1.82) is 0 Å². The molecule has 92 valence electrons. The maximum absolute atomic E-state index is 11.9. The number of ketones is 2. The van der Waals surface area contributed by atoms with Crippen molar-refractivity contribution in [3.8, 4) is 0 Å². The zero-order chi connectivity index (χ0) is 13.7. The average Bonchev–Trinajstić information content (AvgIpc) is 2.35. The van der Waals surface area contributed by atoms with Gasteiger partial charge in [-0.2, -0.15) is 0 Å². The van der Waals surface area contributed by atoms with E-state index in [0.29, 0.717) is 0 Å². The number of benzene rings is 1. The fourth-order valence-electron chi connectivity index (χ4n) is 1.39. The van der Waals surface area contributed by atoms with Gasteiger partial charge in [-0.1, -0.05) is 30.3 Å². The maximum atomic E-state index is 11.9. The smallest absolute Gasteiger partial charge is 0.340 e. The molecule has 0 radical (unpaired) electrons. The molecule has 0 spiro atoms. The number of carboxylic acid groups (broad SMARTS) is 1. The molecule has 0 saturated carbocycles. The van der Waals surface area contributed by atoms with Crippen molar-refractivity contribution in [2.45, 2.75) is 6.92 Å². The van der Waals surface area contributed by atoms with Crippen LogP contribution in [0.5, 0.6) is 0 Å². The molecule has 0 aromatic heterocycles. The first kappa shape index (κ1) is 13.5. The summed E-state index contributed by atoms with van der Waals surface area (Å²) in [4.78, 5) is 44.9. The molecule has 1 N–H and O–H groups in total. The van der Waals surface area contributed by atoms with E-state index in [0.717, 1.165) is 6.92 Å². The summed E-state index contributed by atoms with van der Waals surface area (Å²) in [5.41, 5.74) is -1.32. The lowest BCUT2D eigenvalue weighted by Crippen LogP contribution is -2.19. The van der Waals surface area contributed by atoms with Crippen LogP contribution < -0.4 is 0 Å². The largest absolute Gasteiger partial charge is 0.478 e. The van der Waals surface area contributed by atoms with Crippen molar-refractivity contribution in [1.82, 2.24) is 0 Å². The van der Waals surface area contributed by atoms with Crippen molar-refractivity contribution >= 4 is 23.8 Å². The number of aliphatic carboxylic acids is 1. The van der Waals surface area contributed by atoms with Gasteiger partial charge in [-0.25, -0.2) is 4.79 Å². The van der Waals surface area contributed by atoms with E-state index in [-0.39, 0.29) is 11.8 Å². The quantitative estimate of drug-likeness (QED) is 0.275. The van der Waals surface area contributed by atoms with Crippen LogP contribution in [0.25, 0.3) is 0 Å². The van der Waals surface area contributed by atoms with Crippen LogP contribution >= 0.6 is 0 Å². The number of carboxylic acids is 1. The molecule has 0 heterocycles. The summed E-state index contributed by atoms with van der Waals surface area (Å²) in [5.74, 6) is -3.21. The SMILES string of the molecule is CC(=O)C(C=O)=C(C(=O)O)C(=O)c1ccccc1. The molecule has 1 aromatic carbocycles. The fraction of sp³-hybridized carbons (Fsp3) is 0.0769. The number of allylic oxidation sites excluding steroid dienone is 1. The van der Waals surface area contributed by atoms with Gasteiger partial charge in [0.2, 0.25) is 5.78 Å². The van der Waals surface area contributed by atoms with Gasteiger partial charge in [-0.3, -0.25) is 14.4 Å². The summed E-state index contributed by atoms with van der Waals surface area (Å²) in [6, 6.07) is 7.59. The summed E-state index contributed by atoms with van der Waals surface area (Å²) in [7, 11) is 0. The molecule has 5 nitrogen and oxygen atoms in total. The van der Waals surface area contributed by atoms with Crippen molar-refractivity contribution in [2.24, 2.45) is 0 Å². The Balaban J connectivity index is 3.40. The lowest BCUT2D eigenvalue weighted by atomic mass is 9.97. The molecular formula is C13H10O5. The van der Waals surface area contributed by atoms with E-state index >= 15 is 0 Å². The third-order valence-corrected chi connectivity index (χ3v) is 2.24. The van der Waals surface area contributed by atoms with Crippen LogP contribution in [0.15, 0.2) is 41.5 Å². The molecule has 0 amide bonds. The molecule has 5 heteroatoms. The molecular weight excluding hydrogens is 236 g/mol. The molecule has 0 fully saturated rings. The van der Waals surface area contributed by atoms with Gasteiger partial charge in [-0.05, 0) is 6.92 Å². The Bertz CT molecular complexity index is 540. The Kier molecular flexibility index (Phi) is 4.26. The second kappa shape index (κ2) is 5.67. The fourth-order valence-corrected chi connectivity index (χ4v) is 1.39.